The van der Waals surface area contributed by atoms with E-state index >= 15 is 0 Å². The molecule has 1 fully saturated rings. The first-order chi connectivity index (χ1) is 8.56. The molecule has 2 aromatic heterocycles. The normalized spacial score (nSPS) is 16.7. The molecule has 18 heavy (non-hydrogen) atoms. The van der Waals surface area contributed by atoms with Crippen LogP contribution in [-0.4, -0.2) is 23.1 Å². The van der Waals surface area contributed by atoms with Crippen molar-refractivity contribution in [3.63, 3.8) is 0 Å². The molecule has 2 aromatic rings. The number of aromatic nitrogens is 2. The summed E-state index contributed by atoms with van der Waals surface area (Å²) in [6.45, 7) is 0. The fourth-order valence-electron chi connectivity index (χ4n) is 1.94. The van der Waals surface area contributed by atoms with Crippen molar-refractivity contribution >= 4 is 37.3 Å². The van der Waals surface area contributed by atoms with Crippen molar-refractivity contribution in [1.82, 2.24) is 9.38 Å². The van der Waals surface area contributed by atoms with Crippen molar-refractivity contribution in [3.8, 4) is 0 Å². The highest BCUT2D eigenvalue weighted by molar-refractivity contribution is 9.10. The van der Waals surface area contributed by atoms with Crippen LogP contribution in [0.2, 0.25) is 0 Å². The molecule has 2 heterocycles. The third-order valence-corrected chi connectivity index (χ3v) is 5.67. The molecule has 0 aliphatic heterocycles. The zero-order valence-corrected chi connectivity index (χ0v) is 11.9. The minimum Gasteiger partial charge on any atom is -0.292 e. The Bertz CT molecular complexity index is 691. The lowest BCUT2D eigenvalue weighted by molar-refractivity contribution is 0.479. The number of nitrogens with one attached hydrogen (secondary N) is 1. The smallest absolute Gasteiger partial charge is 0.235 e. The highest BCUT2D eigenvalue weighted by Gasteiger charge is 2.31. The average Bonchev–Trinajstić information content (AvgIpc) is 2.56. The summed E-state index contributed by atoms with van der Waals surface area (Å²) in [7, 11) is -3.24. The van der Waals surface area contributed by atoms with Gasteiger partial charge in [-0.1, -0.05) is 6.42 Å². The van der Waals surface area contributed by atoms with Crippen LogP contribution in [0.5, 0.6) is 0 Å². The largest absolute Gasteiger partial charge is 0.292 e. The van der Waals surface area contributed by atoms with Gasteiger partial charge in [-0.3, -0.25) is 9.12 Å². The van der Waals surface area contributed by atoms with Gasteiger partial charge < -0.3 is 0 Å². The summed E-state index contributed by atoms with van der Waals surface area (Å²) in [4.78, 5) is 4.16. The van der Waals surface area contributed by atoms with Crippen LogP contribution < -0.4 is 4.72 Å². The number of hydrogen-bond acceptors (Lipinski definition) is 3. The van der Waals surface area contributed by atoms with Gasteiger partial charge in [0.25, 0.3) is 0 Å². The van der Waals surface area contributed by atoms with E-state index in [1.165, 1.54) is 0 Å². The zero-order chi connectivity index (χ0) is 12.8. The molecule has 0 unspecified atom stereocenters. The van der Waals surface area contributed by atoms with Crippen molar-refractivity contribution in [3.05, 3.63) is 29.1 Å². The number of halogens is 1. The lowest BCUT2D eigenvalue weighted by atomic mass is 10.0. The Morgan fingerprint density at radius 2 is 2.17 bits per heavy atom. The van der Waals surface area contributed by atoms with Crippen molar-refractivity contribution < 1.29 is 8.42 Å². The lowest BCUT2D eigenvalue weighted by Gasteiger charge is -2.25. The highest BCUT2D eigenvalue weighted by Crippen LogP contribution is 2.27. The maximum absolute atomic E-state index is 12.0. The Labute approximate surface area is 113 Å². The zero-order valence-electron chi connectivity index (χ0n) is 9.51. The fourth-order valence-corrected chi connectivity index (χ4v) is 3.90. The Hall–Kier alpha value is -1.08. The second-order valence-corrected chi connectivity index (χ2v) is 7.20. The lowest BCUT2D eigenvalue weighted by Crippen LogP contribution is -2.33. The van der Waals surface area contributed by atoms with Gasteiger partial charge in [0, 0.05) is 6.20 Å². The van der Waals surface area contributed by atoms with E-state index in [9.17, 15) is 8.42 Å². The molecule has 1 aliphatic rings. The molecule has 0 bridgehead atoms. The van der Waals surface area contributed by atoms with Gasteiger partial charge in [-0.05, 0) is 40.9 Å². The summed E-state index contributed by atoms with van der Waals surface area (Å²) < 4.78 is 29.2. The van der Waals surface area contributed by atoms with E-state index in [1.807, 2.05) is 0 Å². The number of nitrogens with zero attached hydrogens (tertiary/aromatic N) is 2. The Kier molecular flexibility index (Phi) is 2.82. The fraction of sp³-hybridized carbons (Fsp3) is 0.364. The Morgan fingerprint density at radius 3 is 2.83 bits per heavy atom. The number of imidazole rings is 1. The minimum absolute atomic E-state index is 0.237. The number of sulfonamides is 1. The number of anilines is 1. The molecular formula is C11H12BrN3O2S. The van der Waals surface area contributed by atoms with Gasteiger partial charge in [-0.25, -0.2) is 13.4 Å². The van der Waals surface area contributed by atoms with Crippen molar-refractivity contribution in [2.75, 3.05) is 4.72 Å². The van der Waals surface area contributed by atoms with Crippen LogP contribution in [0.3, 0.4) is 0 Å². The molecule has 96 valence electrons. The molecule has 0 atom stereocenters. The second kappa shape index (κ2) is 4.24. The summed E-state index contributed by atoms with van der Waals surface area (Å²) in [5.74, 6) is 0. The van der Waals surface area contributed by atoms with Crippen molar-refractivity contribution in [2.45, 2.75) is 24.5 Å². The maximum atomic E-state index is 12.0. The molecule has 0 spiro atoms. The van der Waals surface area contributed by atoms with E-state index in [-0.39, 0.29) is 5.25 Å². The van der Waals surface area contributed by atoms with Gasteiger partial charge in [0.1, 0.15) is 10.3 Å². The summed E-state index contributed by atoms with van der Waals surface area (Å²) in [5.41, 5.74) is 1.33. The predicted octanol–water partition coefficient (Wildman–Crippen LogP) is 2.39. The van der Waals surface area contributed by atoms with Crippen LogP contribution in [0.1, 0.15) is 19.3 Å². The van der Waals surface area contributed by atoms with Gasteiger partial charge in [0.2, 0.25) is 10.0 Å². The number of fused-ring (bicyclic) bond motifs is 1. The van der Waals surface area contributed by atoms with Gasteiger partial charge in [-0.2, -0.15) is 0 Å². The van der Waals surface area contributed by atoms with Crippen molar-refractivity contribution in [2.24, 2.45) is 0 Å². The van der Waals surface area contributed by atoms with Gasteiger partial charge in [-0.15, -0.1) is 0 Å². The summed E-state index contributed by atoms with van der Waals surface area (Å²) in [5, 5.41) is -0.237. The molecule has 0 aromatic carbocycles. The molecule has 7 heteroatoms. The quantitative estimate of drug-likeness (QED) is 0.940. The molecular weight excluding hydrogens is 318 g/mol. The molecule has 3 rings (SSSR count). The van der Waals surface area contributed by atoms with Gasteiger partial charge in [0.15, 0.2) is 0 Å². The monoisotopic (exact) mass is 329 g/mol. The van der Waals surface area contributed by atoms with Crippen LogP contribution in [0.4, 0.5) is 5.69 Å². The van der Waals surface area contributed by atoms with Crippen LogP contribution in [0, 0.1) is 0 Å². The molecule has 1 N–H and O–H groups in total. The predicted molar refractivity (Wildman–Crippen MR) is 73.1 cm³/mol. The first-order valence-corrected chi connectivity index (χ1v) is 8.04. The molecule has 1 aliphatic carbocycles. The molecule has 5 nitrogen and oxygen atoms in total. The standard InChI is InChI=1S/C11H12BrN3O2S/c12-10-6-13-11-5-4-8(7-15(10)11)14-18(16,17)9-2-1-3-9/h4-7,9,14H,1-3H2. The topological polar surface area (TPSA) is 63.5 Å². The first kappa shape index (κ1) is 12.0. The maximum Gasteiger partial charge on any atom is 0.235 e. The molecule has 0 saturated heterocycles. The Balaban J connectivity index is 1.92. The van der Waals surface area contributed by atoms with Crippen molar-refractivity contribution in [1.29, 1.82) is 0 Å². The van der Waals surface area contributed by atoms with Crippen LogP contribution in [0.15, 0.2) is 29.1 Å². The van der Waals surface area contributed by atoms with Crippen LogP contribution >= 0.6 is 15.9 Å². The van der Waals surface area contributed by atoms with E-state index in [0.717, 1.165) is 29.5 Å². The van der Waals surface area contributed by atoms with E-state index in [0.29, 0.717) is 5.69 Å². The molecule has 0 amide bonds. The minimum atomic E-state index is -3.24. The summed E-state index contributed by atoms with van der Waals surface area (Å²) in [6.07, 6.45) is 5.92. The number of rotatable bonds is 3. The van der Waals surface area contributed by atoms with Gasteiger partial charge >= 0.3 is 0 Å². The summed E-state index contributed by atoms with van der Waals surface area (Å²) in [6, 6.07) is 3.51. The van der Waals surface area contributed by atoms with E-state index in [2.05, 4.69) is 25.6 Å². The van der Waals surface area contributed by atoms with Crippen LogP contribution in [-0.2, 0) is 10.0 Å². The molecule has 1 saturated carbocycles. The third kappa shape index (κ3) is 2.01. The Morgan fingerprint density at radius 1 is 1.39 bits per heavy atom. The summed E-state index contributed by atoms with van der Waals surface area (Å²) >= 11 is 3.36. The third-order valence-electron chi connectivity index (χ3n) is 3.21. The first-order valence-electron chi connectivity index (χ1n) is 5.70. The SMILES string of the molecule is O=S(=O)(Nc1ccc2ncc(Br)n2c1)C1CCC1. The molecule has 0 radical (unpaired) electrons. The second-order valence-electron chi connectivity index (χ2n) is 4.43. The average molecular weight is 330 g/mol. The van der Waals surface area contributed by atoms with E-state index in [1.54, 1.807) is 28.9 Å². The van der Waals surface area contributed by atoms with E-state index in [4.69, 9.17) is 0 Å². The van der Waals surface area contributed by atoms with Gasteiger partial charge in [0.05, 0.1) is 17.1 Å². The van der Waals surface area contributed by atoms with Crippen LogP contribution in [0.25, 0.3) is 5.65 Å². The highest BCUT2D eigenvalue weighted by atomic mass is 79.9. The number of hydrogen-bond donors (Lipinski definition) is 1. The van der Waals surface area contributed by atoms with E-state index < -0.39 is 10.0 Å². The number of pyridine rings is 1.